The third kappa shape index (κ3) is 2.68. The molecule has 1 aliphatic carbocycles. The summed E-state index contributed by atoms with van der Waals surface area (Å²) in [4.78, 5) is 25.2. The standard InChI is InChI=1S/C13H21NO3/c1-12(2)7-10(15)14(11(16)8-12)9-13(17)5-3-4-6-13/h17H,3-9H2,1-2H3. The third-order valence-corrected chi connectivity index (χ3v) is 3.85. The summed E-state index contributed by atoms with van der Waals surface area (Å²) in [7, 11) is 0. The van der Waals surface area contributed by atoms with Crippen LogP contribution >= 0.6 is 0 Å². The minimum Gasteiger partial charge on any atom is -0.388 e. The Bertz CT molecular complexity index is 323. The lowest BCUT2D eigenvalue weighted by Crippen LogP contribution is -2.52. The van der Waals surface area contributed by atoms with E-state index in [-0.39, 0.29) is 23.8 Å². The van der Waals surface area contributed by atoms with E-state index in [0.29, 0.717) is 25.7 Å². The molecule has 0 radical (unpaired) electrons. The van der Waals surface area contributed by atoms with Gasteiger partial charge in [-0.1, -0.05) is 26.7 Å². The van der Waals surface area contributed by atoms with Gasteiger partial charge in [0.25, 0.3) is 0 Å². The first-order valence-corrected chi connectivity index (χ1v) is 6.37. The second-order valence-corrected chi connectivity index (χ2v) is 6.32. The van der Waals surface area contributed by atoms with Crippen LogP contribution in [0.5, 0.6) is 0 Å². The summed E-state index contributed by atoms with van der Waals surface area (Å²) in [6.07, 6.45) is 4.17. The van der Waals surface area contributed by atoms with Gasteiger partial charge in [0.1, 0.15) is 0 Å². The Morgan fingerprint density at radius 2 is 1.59 bits per heavy atom. The fraction of sp³-hybridized carbons (Fsp3) is 0.846. The first kappa shape index (κ1) is 12.6. The van der Waals surface area contributed by atoms with E-state index >= 15 is 0 Å². The average Bonchev–Trinajstić information content (AvgIpc) is 2.58. The fourth-order valence-electron chi connectivity index (χ4n) is 2.87. The van der Waals surface area contributed by atoms with Crippen LogP contribution in [0.4, 0.5) is 0 Å². The minimum atomic E-state index is -0.827. The Kier molecular flexibility index (Phi) is 3.02. The highest BCUT2D eigenvalue weighted by Gasteiger charge is 2.42. The number of likely N-dealkylation sites (tertiary alicyclic amines) is 1. The maximum absolute atomic E-state index is 11.9. The summed E-state index contributed by atoms with van der Waals surface area (Å²) in [5, 5.41) is 10.3. The highest BCUT2D eigenvalue weighted by molar-refractivity contribution is 5.98. The van der Waals surface area contributed by atoms with Gasteiger partial charge in [-0.15, -0.1) is 0 Å². The number of rotatable bonds is 2. The summed E-state index contributed by atoms with van der Waals surface area (Å²) in [5.74, 6) is -0.266. The summed E-state index contributed by atoms with van der Waals surface area (Å²) < 4.78 is 0. The molecule has 4 heteroatoms. The van der Waals surface area contributed by atoms with E-state index in [1.165, 1.54) is 4.90 Å². The number of amides is 2. The van der Waals surface area contributed by atoms with Crippen LogP contribution in [-0.4, -0.2) is 34.0 Å². The van der Waals surface area contributed by atoms with Crippen LogP contribution in [0.25, 0.3) is 0 Å². The highest BCUT2D eigenvalue weighted by Crippen LogP contribution is 2.35. The molecular weight excluding hydrogens is 218 g/mol. The topological polar surface area (TPSA) is 57.6 Å². The molecule has 2 rings (SSSR count). The Balaban J connectivity index is 2.06. The largest absolute Gasteiger partial charge is 0.388 e. The van der Waals surface area contributed by atoms with Crippen molar-refractivity contribution in [2.45, 2.75) is 58.0 Å². The molecule has 2 aliphatic rings. The lowest BCUT2D eigenvalue weighted by atomic mass is 9.81. The SMILES string of the molecule is CC1(C)CC(=O)N(CC2(O)CCCC2)C(=O)C1. The summed E-state index contributed by atoms with van der Waals surface area (Å²) in [5.41, 5.74) is -1.06. The van der Waals surface area contributed by atoms with E-state index < -0.39 is 5.60 Å². The first-order valence-electron chi connectivity index (χ1n) is 6.37. The van der Waals surface area contributed by atoms with Gasteiger partial charge in [0.05, 0.1) is 12.1 Å². The van der Waals surface area contributed by atoms with Gasteiger partial charge in [-0.05, 0) is 18.3 Å². The van der Waals surface area contributed by atoms with Gasteiger partial charge < -0.3 is 5.11 Å². The lowest BCUT2D eigenvalue weighted by molar-refractivity contribution is -0.156. The monoisotopic (exact) mass is 239 g/mol. The van der Waals surface area contributed by atoms with Crippen molar-refractivity contribution in [2.24, 2.45) is 5.41 Å². The van der Waals surface area contributed by atoms with Gasteiger partial charge >= 0.3 is 0 Å². The second kappa shape index (κ2) is 4.09. The van der Waals surface area contributed by atoms with Crippen molar-refractivity contribution in [3.63, 3.8) is 0 Å². The Morgan fingerprint density at radius 3 is 2.06 bits per heavy atom. The zero-order valence-corrected chi connectivity index (χ0v) is 10.7. The lowest BCUT2D eigenvalue weighted by Gasteiger charge is -2.38. The predicted molar refractivity (Wildman–Crippen MR) is 63.2 cm³/mol. The highest BCUT2D eigenvalue weighted by atomic mass is 16.3. The third-order valence-electron chi connectivity index (χ3n) is 3.85. The van der Waals surface area contributed by atoms with E-state index in [1.54, 1.807) is 0 Å². The summed E-state index contributed by atoms with van der Waals surface area (Å²) in [6.45, 7) is 4.07. The molecule has 2 fully saturated rings. The molecule has 1 aliphatic heterocycles. The molecule has 0 bridgehead atoms. The zero-order chi connectivity index (χ0) is 12.7. The van der Waals surface area contributed by atoms with Crippen molar-refractivity contribution in [3.05, 3.63) is 0 Å². The first-order chi connectivity index (χ1) is 7.81. The molecule has 96 valence electrons. The van der Waals surface area contributed by atoms with Gasteiger partial charge in [0, 0.05) is 12.8 Å². The number of imide groups is 1. The van der Waals surface area contributed by atoms with Gasteiger partial charge in [0.15, 0.2) is 0 Å². The van der Waals surface area contributed by atoms with Crippen molar-refractivity contribution in [1.29, 1.82) is 0 Å². The number of hydrogen-bond donors (Lipinski definition) is 1. The molecule has 1 N–H and O–H groups in total. The maximum Gasteiger partial charge on any atom is 0.229 e. The fourth-order valence-corrected chi connectivity index (χ4v) is 2.87. The molecule has 1 heterocycles. The Hall–Kier alpha value is -0.900. The van der Waals surface area contributed by atoms with Gasteiger partial charge in [-0.3, -0.25) is 14.5 Å². The number of aliphatic hydroxyl groups is 1. The number of hydrogen-bond acceptors (Lipinski definition) is 3. The molecule has 0 spiro atoms. The predicted octanol–water partition coefficient (Wildman–Crippen LogP) is 1.47. The van der Waals surface area contributed by atoms with E-state index in [0.717, 1.165) is 12.8 Å². The smallest absolute Gasteiger partial charge is 0.229 e. The minimum absolute atomic E-state index is 0.133. The molecule has 1 saturated carbocycles. The number of β-amino-alcohol motifs (C(OH)–C–C–N with tert-alkyl or cyclic N) is 1. The van der Waals surface area contributed by atoms with Crippen LogP contribution in [0.2, 0.25) is 0 Å². The van der Waals surface area contributed by atoms with E-state index in [4.69, 9.17) is 0 Å². The summed E-state index contributed by atoms with van der Waals surface area (Å²) in [6, 6.07) is 0. The quantitative estimate of drug-likeness (QED) is 0.742. The number of piperidine rings is 1. The van der Waals surface area contributed by atoms with E-state index in [1.807, 2.05) is 13.8 Å². The molecule has 1 saturated heterocycles. The molecular formula is C13H21NO3. The molecule has 17 heavy (non-hydrogen) atoms. The van der Waals surface area contributed by atoms with Gasteiger partial charge in [-0.25, -0.2) is 0 Å². The van der Waals surface area contributed by atoms with Crippen LogP contribution in [0.1, 0.15) is 52.4 Å². The normalized spacial score (nSPS) is 27.6. The van der Waals surface area contributed by atoms with Crippen LogP contribution in [0, 0.1) is 5.41 Å². The van der Waals surface area contributed by atoms with E-state index in [9.17, 15) is 14.7 Å². The number of carbonyl (C=O) groups is 2. The van der Waals surface area contributed by atoms with E-state index in [2.05, 4.69) is 0 Å². The van der Waals surface area contributed by atoms with Crippen molar-refractivity contribution in [2.75, 3.05) is 6.54 Å². The van der Waals surface area contributed by atoms with Crippen molar-refractivity contribution in [1.82, 2.24) is 4.90 Å². The second-order valence-electron chi connectivity index (χ2n) is 6.32. The number of carbonyl (C=O) groups excluding carboxylic acids is 2. The molecule has 2 amide bonds. The van der Waals surface area contributed by atoms with Crippen LogP contribution in [0.15, 0.2) is 0 Å². The summed E-state index contributed by atoms with van der Waals surface area (Å²) >= 11 is 0. The van der Waals surface area contributed by atoms with Crippen LogP contribution < -0.4 is 0 Å². The Morgan fingerprint density at radius 1 is 1.12 bits per heavy atom. The maximum atomic E-state index is 11.9. The average molecular weight is 239 g/mol. The Labute approximate surface area is 102 Å². The molecule has 0 unspecified atom stereocenters. The molecule has 0 aromatic heterocycles. The number of nitrogens with zero attached hydrogens (tertiary/aromatic N) is 1. The molecule has 4 nitrogen and oxygen atoms in total. The van der Waals surface area contributed by atoms with Crippen molar-refractivity contribution in [3.8, 4) is 0 Å². The van der Waals surface area contributed by atoms with Crippen LogP contribution in [0.3, 0.4) is 0 Å². The van der Waals surface area contributed by atoms with Crippen molar-refractivity contribution < 1.29 is 14.7 Å². The molecule has 0 atom stereocenters. The van der Waals surface area contributed by atoms with Gasteiger partial charge in [0.2, 0.25) is 11.8 Å². The van der Waals surface area contributed by atoms with Crippen LogP contribution in [-0.2, 0) is 9.59 Å². The molecule has 0 aromatic rings. The molecule has 0 aromatic carbocycles. The van der Waals surface area contributed by atoms with Crippen molar-refractivity contribution >= 4 is 11.8 Å². The van der Waals surface area contributed by atoms with Gasteiger partial charge in [-0.2, -0.15) is 0 Å². The zero-order valence-electron chi connectivity index (χ0n) is 10.7.